The quantitative estimate of drug-likeness (QED) is 0.328. The van der Waals surface area contributed by atoms with Crippen molar-refractivity contribution < 1.29 is 42.7 Å². The van der Waals surface area contributed by atoms with Gasteiger partial charge < -0.3 is 14.2 Å². The Morgan fingerprint density at radius 3 is 1.82 bits per heavy atom. The fourth-order valence-corrected chi connectivity index (χ4v) is 5.31. The fraction of sp³-hybridized carbons (Fsp3) is 0.318. The predicted octanol–water partition coefficient (Wildman–Crippen LogP) is -0.0653. The Morgan fingerprint density at radius 1 is 0.929 bits per heavy atom. The van der Waals surface area contributed by atoms with Crippen molar-refractivity contribution >= 4 is 11.9 Å². The van der Waals surface area contributed by atoms with Gasteiger partial charge in [0.2, 0.25) is 0 Å². The Morgan fingerprint density at radius 2 is 1.39 bits per heavy atom. The Hall–Kier alpha value is -2.06. The molecule has 2 atom stereocenters. The molecule has 0 aromatic heterocycles. The monoisotopic (exact) mass is 370 g/mol. The molecule has 1 fully saturated rings. The number of benzene rings is 2. The molecule has 138 valence electrons. The number of epoxide rings is 1. The maximum Gasteiger partial charge on any atom is 1.00 e. The third-order valence-corrected chi connectivity index (χ3v) is 6.44. The average molecular weight is 370 g/mol. The molecule has 0 radical (unpaired) electrons. The molecule has 1 saturated heterocycles. The van der Waals surface area contributed by atoms with Crippen molar-refractivity contribution in [3.8, 4) is 0 Å². The molecule has 2 bridgehead atoms. The number of carbonyl (C=O) groups excluding carboxylic acids is 2. The van der Waals surface area contributed by atoms with E-state index in [9.17, 15) is 9.59 Å². The molecule has 0 amide bonds. The van der Waals surface area contributed by atoms with Crippen molar-refractivity contribution in [3.05, 3.63) is 77.4 Å². The van der Waals surface area contributed by atoms with Crippen molar-refractivity contribution in [2.75, 3.05) is 14.2 Å². The van der Waals surface area contributed by atoms with Crippen LogP contribution in [0.15, 0.2) is 48.5 Å². The average Bonchev–Trinajstić information content (AvgIpc) is 3.54. The number of fused-ring (bicyclic) bond motifs is 1. The molecule has 5 nitrogen and oxygen atoms in total. The van der Waals surface area contributed by atoms with Gasteiger partial charge in [-0.15, -0.1) is 0 Å². The molecule has 6 heteroatoms. The van der Waals surface area contributed by atoms with Crippen LogP contribution in [0.4, 0.5) is 0 Å². The molecule has 4 aliphatic rings. The molecule has 28 heavy (non-hydrogen) atoms. The van der Waals surface area contributed by atoms with Crippen LogP contribution in [0.1, 0.15) is 40.5 Å². The van der Waals surface area contributed by atoms with Gasteiger partial charge in [0.15, 0.2) is 0 Å². The van der Waals surface area contributed by atoms with E-state index in [1.54, 1.807) is 0 Å². The van der Waals surface area contributed by atoms with Crippen molar-refractivity contribution in [1.82, 2.24) is 0 Å². The van der Waals surface area contributed by atoms with E-state index >= 15 is 0 Å². The first-order valence-electron chi connectivity index (χ1n) is 8.97. The van der Waals surface area contributed by atoms with Crippen LogP contribution in [0.5, 0.6) is 0 Å². The second-order valence-electron chi connectivity index (χ2n) is 7.37. The molecule has 3 aliphatic carbocycles. The molecule has 6 rings (SSSR count). The van der Waals surface area contributed by atoms with Crippen LogP contribution >= 0.6 is 0 Å². The van der Waals surface area contributed by atoms with Gasteiger partial charge >= 0.3 is 30.8 Å². The fourth-order valence-electron chi connectivity index (χ4n) is 5.31. The Bertz CT molecular complexity index is 919. The second kappa shape index (κ2) is 6.49. The largest absolute Gasteiger partial charge is 1.00 e. The number of rotatable bonds is 3. The maximum atomic E-state index is 13.3. The summed E-state index contributed by atoms with van der Waals surface area (Å²) in [5.74, 6) is -1.36. The van der Waals surface area contributed by atoms with Gasteiger partial charge in [-0.05, 0) is 28.7 Å². The van der Waals surface area contributed by atoms with Gasteiger partial charge in [0.25, 0.3) is 0 Å². The number of esters is 2. The van der Waals surface area contributed by atoms with E-state index < -0.39 is 23.0 Å². The van der Waals surface area contributed by atoms with Gasteiger partial charge in [-0.1, -0.05) is 48.5 Å². The number of methoxy groups -OCH3 is 2. The summed E-state index contributed by atoms with van der Waals surface area (Å²) < 4.78 is 15.9. The third kappa shape index (κ3) is 2.13. The van der Waals surface area contributed by atoms with Gasteiger partial charge in [-0.3, -0.25) is 9.59 Å². The summed E-state index contributed by atoms with van der Waals surface area (Å²) in [6.45, 7) is 1.43. The van der Waals surface area contributed by atoms with Crippen LogP contribution in [-0.2, 0) is 23.8 Å². The number of ether oxygens (including phenoxy) is 3. The van der Waals surface area contributed by atoms with Crippen molar-refractivity contribution in [2.45, 2.75) is 23.9 Å². The van der Waals surface area contributed by atoms with Crippen molar-refractivity contribution in [1.29, 1.82) is 0 Å². The van der Waals surface area contributed by atoms with Crippen LogP contribution in [0, 0.1) is 12.0 Å². The zero-order chi connectivity index (χ0) is 18.8. The molecule has 1 aliphatic heterocycles. The second-order valence-corrected chi connectivity index (χ2v) is 7.37. The van der Waals surface area contributed by atoms with E-state index in [2.05, 4.69) is 12.1 Å². The van der Waals surface area contributed by atoms with E-state index in [4.69, 9.17) is 14.2 Å². The van der Waals surface area contributed by atoms with E-state index in [1.165, 1.54) is 32.0 Å². The van der Waals surface area contributed by atoms with E-state index in [0.717, 1.165) is 11.1 Å². The zero-order valence-corrected chi connectivity index (χ0v) is 16.1. The maximum absolute atomic E-state index is 13.3. The molecular formula is C22H19LiO5. The number of hydrogen-bond donors (Lipinski definition) is 0. The number of hydrogen-bond acceptors (Lipinski definition) is 5. The van der Waals surface area contributed by atoms with Gasteiger partial charge in [-0.25, -0.2) is 0 Å². The minimum atomic E-state index is -1.42. The molecule has 2 aromatic rings. The summed E-state index contributed by atoms with van der Waals surface area (Å²) >= 11 is 0. The Labute approximate surface area is 175 Å². The first-order valence-corrected chi connectivity index (χ1v) is 8.97. The predicted molar refractivity (Wildman–Crippen MR) is 95.8 cm³/mol. The molecule has 0 N–H and O–H groups in total. The van der Waals surface area contributed by atoms with Crippen LogP contribution in [-0.4, -0.2) is 31.8 Å². The van der Waals surface area contributed by atoms with Crippen LogP contribution < -0.4 is 18.9 Å². The van der Waals surface area contributed by atoms with Crippen molar-refractivity contribution in [3.63, 3.8) is 0 Å². The third-order valence-electron chi connectivity index (χ3n) is 6.44. The van der Waals surface area contributed by atoms with Crippen molar-refractivity contribution in [2.24, 2.45) is 5.41 Å². The molecule has 1 unspecified atom stereocenters. The zero-order valence-electron chi connectivity index (χ0n) is 16.1. The normalized spacial score (nSPS) is 31.1. The van der Waals surface area contributed by atoms with E-state index in [0.29, 0.717) is 6.42 Å². The molecule has 1 heterocycles. The summed E-state index contributed by atoms with van der Waals surface area (Å²) in [4.78, 5) is 26.0. The number of carbonyl (C=O) groups is 2. The Kier molecular flexibility index (Phi) is 4.46. The van der Waals surface area contributed by atoms with Crippen LogP contribution in [0.2, 0.25) is 0 Å². The van der Waals surface area contributed by atoms with E-state index in [1.807, 2.05) is 36.4 Å². The topological polar surface area (TPSA) is 65.1 Å². The molecule has 0 saturated carbocycles. The van der Waals surface area contributed by atoms with Gasteiger partial charge in [0, 0.05) is 17.4 Å². The van der Waals surface area contributed by atoms with Gasteiger partial charge in [-0.2, -0.15) is 6.61 Å². The SMILES string of the molecule is COC(=O)C1([C@]2(C(=O)OC)[CH-]O2)CC2c3ccccc3C1c1ccccc12.[Li+]. The summed E-state index contributed by atoms with van der Waals surface area (Å²) in [6.07, 6.45) is 0.434. The first-order chi connectivity index (χ1) is 13.1. The summed E-state index contributed by atoms with van der Waals surface area (Å²) in [5.41, 5.74) is 1.87. The smallest absolute Gasteiger partial charge is 0.557 e. The Balaban J connectivity index is 0.00000192. The van der Waals surface area contributed by atoms with Crippen LogP contribution in [0.25, 0.3) is 0 Å². The van der Waals surface area contributed by atoms with Gasteiger partial charge in [0.05, 0.1) is 19.6 Å². The molecule has 2 aromatic carbocycles. The molecule has 0 spiro atoms. The summed E-state index contributed by atoms with van der Waals surface area (Å²) in [5, 5.41) is 0. The standard InChI is InChI=1S/C22H19O5.Li/c1-25-19(23)21(22(12-27-22)20(24)26-2)11-17-13-7-3-5-9-15(13)18(21)16-10-6-4-8-14(16)17;/h3-10,12,17-18H,11H2,1-2H3;/q-1;+1/t17?,18?,21?,22-;/m1./s1. The first kappa shape index (κ1) is 19.3. The minimum absolute atomic E-state index is 0. The van der Waals surface area contributed by atoms with E-state index in [-0.39, 0.29) is 30.7 Å². The van der Waals surface area contributed by atoms with Crippen LogP contribution in [0.3, 0.4) is 0 Å². The van der Waals surface area contributed by atoms with Gasteiger partial charge in [0.1, 0.15) is 0 Å². The minimum Gasteiger partial charge on any atom is -0.557 e. The summed E-state index contributed by atoms with van der Waals surface area (Å²) in [7, 11) is 2.67. The molecular weight excluding hydrogens is 351 g/mol. The summed E-state index contributed by atoms with van der Waals surface area (Å²) in [6, 6.07) is 16.2.